The molecule has 0 spiro atoms. The lowest BCUT2D eigenvalue weighted by Crippen LogP contribution is -2.41. The number of benzene rings is 5. The maximum absolute atomic E-state index is 4.90. The summed E-state index contributed by atoms with van der Waals surface area (Å²) in [5.41, 5.74) is 5.74. The van der Waals surface area contributed by atoms with Crippen LogP contribution < -0.4 is 10.4 Å². The second-order valence-electron chi connectivity index (χ2n) is 11.2. The minimum Gasteiger partial charge on any atom is -0.143 e. The molecule has 208 valence electrons. The standard InChI is InChI=1S/C38H32S4/c1-37(21-9-12-25-10-3-4-11-26(25)24-37)38(2,27-17-19-35(41)31(22-27)29-13-5-7-15-33(29)39)28-18-20-36(42)32(23-28)30-14-6-8-16-34(30)40/h3-24,39-42H,1-2H3. The Labute approximate surface area is 270 Å². The molecule has 6 rings (SSSR count). The van der Waals surface area contributed by atoms with Crippen LogP contribution in [0, 0.1) is 5.41 Å². The van der Waals surface area contributed by atoms with Crippen molar-refractivity contribution >= 4 is 62.7 Å². The van der Waals surface area contributed by atoms with Crippen LogP contribution in [0.2, 0.25) is 0 Å². The first-order chi connectivity index (χ1) is 20.2. The van der Waals surface area contributed by atoms with Gasteiger partial charge in [0.05, 0.1) is 0 Å². The summed E-state index contributed by atoms with van der Waals surface area (Å²) in [6.45, 7) is 4.69. The fourth-order valence-electron chi connectivity index (χ4n) is 6.14. The smallest absolute Gasteiger partial charge is 0.0298 e. The van der Waals surface area contributed by atoms with E-state index in [2.05, 4.69) is 123 Å². The summed E-state index contributed by atoms with van der Waals surface area (Å²) in [6, 6.07) is 38.3. The molecule has 0 nitrogen and oxygen atoms in total. The van der Waals surface area contributed by atoms with Crippen molar-refractivity contribution in [1.29, 1.82) is 0 Å². The quantitative estimate of drug-likeness (QED) is 0.139. The highest BCUT2D eigenvalue weighted by atomic mass is 32.1. The van der Waals surface area contributed by atoms with Crippen LogP contribution in [0.4, 0.5) is 0 Å². The molecule has 0 bridgehead atoms. The molecule has 0 radical (unpaired) electrons. The van der Waals surface area contributed by atoms with Gasteiger partial charge in [0.15, 0.2) is 0 Å². The number of hydrogen-bond donors (Lipinski definition) is 4. The Morgan fingerprint density at radius 2 is 0.976 bits per heavy atom. The van der Waals surface area contributed by atoms with E-state index in [0.29, 0.717) is 0 Å². The summed E-state index contributed by atoms with van der Waals surface area (Å²) in [7, 11) is 0. The molecule has 0 heterocycles. The molecule has 4 heteroatoms. The fraction of sp³-hybridized carbons (Fsp3) is 0.105. The highest BCUT2D eigenvalue weighted by Crippen LogP contribution is 2.52. The monoisotopic (exact) mass is 616 g/mol. The van der Waals surface area contributed by atoms with Gasteiger partial charge in [-0.15, -0.1) is 50.5 Å². The minimum absolute atomic E-state index is 0.401. The van der Waals surface area contributed by atoms with Crippen molar-refractivity contribution in [3.8, 4) is 22.3 Å². The summed E-state index contributed by atoms with van der Waals surface area (Å²) in [5.74, 6) is 0. The first kappa shape index (κ1) is 29.1. The molecule has 0 N–H and O–H groups in total. The van der Waals surface area contributed by atoms with Gasteiger partial charge in [-0.25, -0.2) is 0 Å². The average molecular weight is 617 g/mol. The number of hydrogen-bond acceptors (Lipinski definition) is 4. The second-order valence-corrected chi connectivity index (χ2v) is 13.1. The van der Waals surface area contributed by atoms with Crippen LogP contribution in [0.5, 0.6) is 0 Å². The van der Waals surface area contributed by atoms with Crippen molar-refractivity contribution in [2.24, 2.45) is 5.41 Å². The van der Waals surface area contributed by atoms with Crippen molar-refractivity contribution in [1.82, 2.24) is 0 Å². The van der Waals surface area contributed by atoms with E-state index in [1.807, 2.05) is 24.3 Å². The molecule has 0 saturated carbocycles. The van der Waals surface area contributed by atoms with E-state index >= 15 is 0 Å². The summed E-state index contributed by atoms with van der Waals surface area (Å²) in [6.07, 6.45) is 9.17. The largest absolute Gasteiger partial charge is 0.143 e. The van der Waals surface area contributed by atoms with Gasteiger partial charge in [0, 0.05) is 30.4 Å². The van der Waals surface area contributed by atoms with E-state index in [1.165, 1.54) is 21.6 Å². The van der Waals surface area contributed by atoms with Gasteiger partial charge in [0.25, 0.3) is 0 Å². The lowest BCUT2D eigenvalue weighted by Gasteiger charge is -2.45. The second kappa shape index (κ2) is 11.6. The van der Waals surface area contributed by atoms with Gasteiger partial charge in [0.2, 0.25) is 0 Å². The summed E-state index contributed by atoms with van der Waals surface area (Å²) in [5, 5.41) is 2.43. The lowest BCUT2D eigenvalue weighted by atomic mass is 9.58. The van der Waals surface area contributed by atoms with Crippen molar-refractivity contribution in [3.05, 3.63) is 143 Å². The van der Waals surface area contributed by atoms with E-state index in [9.17, 15) is 0 Å². The topological polar surface area (TPSA) is 0 Å². The molecule has 1 unspecified atom stereocenters. The van der Waals surface area contributed by atoms with Crippen LogP contribution in [0.25, 0.3) is 34.4 Å². The molecule has 0 amide bonds. The van der Waals surface area contributed by atoms with Gasteiger partial charge in [-0.2, -0.15) is 0 Å². The Morgan fingerprint density at radius 3 is 1.50 bits per heavy atom. The molecule has 1 atom stereocenters. The van der Waals surface area contributed by atoms with Gasteiger partial charge >= 0.3 is 0 Å². The van der Waals surface area contributed by atoms with Crippen molar-refractivity contribution in [3.63, 3.8) is 0 Å². The van der Waals surface area contributed by atoms with Crippen LogP contribution in [-0.2, 0) is 5.41 Å². The van der Waals surface area contributed by atoms with Gasteiger partial charge in [-0.05, 0) is 80.2 Å². The zero-order chi connectivity index (χ0) is 29.5. The average Bonchev–Trinajstić information content (AvgIpc) is 3.17. The first-order valence-corrected chi connectivity index (χ1v) is 15.7. The van der Waals surface area contributed by atoms with Crippen molar-refractivity contribution < 1.29 is 0 Å². The summed E-state index contributed by atoms with van der Waals surface area (Å²) < 4.78 is 0. The number of fused-ring (bicyclic) bond motifs is 1. The highest BCUT2D eigenvalue weighted by Gasteiger charge is 2.45. The maximum Gasteiger partial charge on any atom is 0.0298 e. The predicted octanol–water partition coefficient (Wildman–Crippen LogP) is 9.32. The van der Waals surface area contributed by atoms with Crippen LogP contribution >= 0.6 is 50.5 Å². The van der Waals surface area contributed by atoms with Gasteiger partial charge < -0.3 is 0 Å². The Balaban J connectivity index is 1.66. The fourth-order valence-corrected chi connectivity index (χ4v) is 7.23. The van der Waals surface area contributed by atoms with Crippen LogP contribution in [0.15, 0.2) is 141 Å². The molecular weight excluding hydrogens is 585 g/mol. The molecule has 0 fully saturated rings. The molecule has 1 aliphatic carbocycles. The van der Waals surface area contributed by atoms with Crippen LogP contribution in [-0.4, -0.2) is 0 Å². The van der Waals surface area contributed by atoms with E-state index in [4.69, 9.17) is 50.5 Å². The minimum atomic E-state index is -0.488. The predicted molar refractivity (Wildman–Crippen MR) is 191 cm³/mol. The van der Waals surface area contributed by atoms with E-state index < -0.39 is 10.8 Å². The molecule has 0 saturated heterocycles. The van der Waals surface area contributed by atoms with Gasteiger partial charge in [0.1, 0.15) is 0 Å². The Kier molecular flexibility index (Phi) is 8.01. The Hall–Kier alpha value is -3.02. The summed E-state index contributed by atoms with van der Waals surface area (Å²) in [4.78, 5) is 3.69. The Bertz CT molecular complexity index is 1880. The molecule has 5 aromatic rings. The maximum atomic E-state index is 4.90. The third-order valence-corrected chi connectivity index (χ3v) is 10.3. The number of allylic oxidation sites excluding steroid dienone is 2. The lowest BCUT2D eigenvalue weighted by molar-refractivity contribution is 0.361. The van der Waals surface area contributed by atoms with Crippen molar-refractivity contribution in [2.75, 3.05) is 0 Å². The Morgan fingerprint density at radius 1 is 0.524 bits per heavy atom. The molecule has 0 aliphatic heterocycles. The molecule has 5 aromatic carbocycles. The van der Waals surface area contributed by atoms with E-state index in [-0.39, 0.29) is 0 Å². The van der Waals surface area contributed by atoms with E-state index in [1.54, 1.807) is 0 Å². The summed E-state index contributed by atoms with van der Waals surface area (Å²) >= 11 is 19.4. The van der Waals surface area contributed by atoms with Crippen LogP contribution in [0.1, 0.15) is 25.0 Å². The third kappa shape index (κ3) is 5.09. The first-order valence-electron chi connectivity index (χ1n) is 13.9. The number of thiol groups is 4. The normalized spacial score (nSPS) is 16.2. The molecular formula is C38H32S4. The number of rotatable bonds is 5. The zero-order valence-electron chi connectivity index (χ0n) is 23.5. The molecule has 1 aliphatic rings. The molecule has 0 aromatic heterocycles. The van der Waals surface area contributed by atoms with Crippen molar-refractivity contribution in [2.45, 2.75) is 38.8 Å². The van der Waals surface area contributed by atoms with Gasteiger partial charge in [-0.1, -0.05) is 111 Å². The third-order valence-electron chi connectivity index (χ3n) is 8.78. The van der Waals surface area contributed by atoms with Gasteiger partial charge in [-0.3, -0.25) is 0 Å². The zero-order valence-corrected chi connectivity index (χ0v) is 27.1. The highest BCUT2D eigenvalue weighted by molar-refractivity contribution is 7.81. The SMILES string of the molecule is CC1(C(C)(c2ccc(S)c(-c3ccccc3S)c2)c2ccc(S)c(-c3ccccc3S)c2)C=CC=c2ccccc2=C1. The van der Waals surface area contributed by atoms with E-state index in [0.717, 1.165) is 41.8 Å². The van der Waals surface area contributed by atoms with Crippen LogP contribution in [0.3, 0.4) is 0 Å². The molecule has 42 heavy (non-hydrogen) atoms.